The molecule has 0 spiro atoms. The van der Waals surface area contributed by atoms with Gasteiger partial charge in [0.25, 0.3) is 0 Å². The van der Waals surface area contributed by atoms with E-state index in [0.29, 0.717) is 5.28 Å². The van der Waals surface area contributed by atoms with E-state index in [-0.39, 0.29) is 6.04 Å². The van der Waals surface area contributed by atoms with Crippen molar-refractivity contribution >= 4 is 17.2 Å². The number of nitrogens with one attached hydrogen (secondary N) is 1. The van der Waals surface area contributed by atoms with Gasteiger partial charge >= 0.3 is 0 Å². The van der Waals surface area contributed by atoms with E-state index in [1.54, 1.807) is 6.20 Å². The summed E-state index contributed by atoms with van der Waals surface area (Å²) < 4.78 is 1.85. The molecular weight excluding hydrogens is 200 g/mol. The van der Waals surface area contributed by atoms with E-state index in [0.717, 1.165) is 24.4 Å². The Balaban J connectivity index is 2.35. The van der Waals surface area contributed by atoms with Crippen molar-refractivity contribution in [2.75, 3.05) is 13.1 Å². The van der Waals surface area contributed by atoms with Crippen molar-refractivity contribution in [1.29, 1.82) is 0 Å². The molecule has 4 nitrogen and oxygen atoms in total. The summed E-state index contributed by atoms with van der Waals surface area (Å²) in [4.78, 5) is 4.04. The number of aromatic nitrogens is 2. The van der Waals surface area contributed by atoms with Crippen LogP contribution in [0.4, 0.5) is 0 Å². The lowest BCUT2D eigenvalue weighted by Gasteiger charge is -2.19. The van der Waals surface area contributed by atoms with Crippen molar-refractivity contribution in [3.05, 3.63) is 23.3 Å². The van der Waals surface area contributed by atoms with Crippen LogP contribution in [0.15, 0.2) is 12.3 Å². The smallest absolute Gasteiger partial charge is 0.202 e. The Labute approximate surface area is 87.8 Å². The standard InChI is InChI=1S/C9H13ClN4/c1-14-8(5-13-9(14)10)6-2-7(11)4-12-3-6/h2,5,7,12H,3-4,11H2,1H3. The fourth-order valence-electron chi connectivity index (χ4n) is 1.61. The number of imidazole rings is 1. The third kappa shape index (κ3) is 1.68. The number of nitrogens with zero attached hydrogens (tertiary/aromatic N) is 2. The largest absolute Gasteiger partial charge is 0.323 e. The zero-order chi connectivity index (χ0) is 10.1. The molecule has 14 heavy (non-hydrogen) atoms. The second-order valence-electron chi connectivity index (χ2n) is 3.46. The molecule has 0 bridgehead atoms. The minimum absolute atomic E-state index is 0.0763. The monoisotopic (exact) mass is 212 g/mol. The van der Waals surface area contributed by atoms with E-state index in [1.165, 1.54) is 0 Å². The predicted molar refractivity (Wildman–Crippen MR) is 57.0 cm³/mol. The summed E-state index contributed by atoms with van der Waals surface area (Å²) in [5.41, 5.74) is 8.00. The molecule has 1 atom stereocenters. The molecular formula is C9H13ClN4. The molecule has 0 fully saturated rings. The van der Waals surface area contributed by atoms with Gasteiger partial charge in [-0.2, -0.15) is 0 Å². The van der Waals surface area contributed by atoms with Gasteiger partial charge in [-0.05, 0) is 17.2 Å². The lowest BCUT2D eigenvalue weighted by atomic mass is 10.1. The van der Waals surface area contributed by atoms with Gasteiger partial charge in [-0.3, -0.25) is 0 Å². The molecule has 5 heteroatoms. The van der Waals surface area contributed by atoms with Crippen LogP contribution < -0.4 is 11.1 Å². The predicted octanol–water partition coefficient (Wildman–Crippen LogP) is 0.387. The van der Waals surface area contributed by atoms with Crippen molar-refractivity contribution in [2.45, 2.75) is 6.04 Å². The zero-order valence-corrected chi connectivity index (χ0v) is 8.75. The fourth-order valence-corrected chi connectivity index (χ4v) is 1.75. The normalized spacial score (nSPS) is 22.2. The summed E-state index contributed by atoms with van der Waals surface area (Å²) in [6.07, 6.45) is 3.83. The molecule has 0 radical (unpaired) electrons. The van der Waals surface area contributed by atoms with Crippen molar-refractivity contribution in [3.63, 3.8) is 0 Å². The summed E-state index contributed by atoms with van der Waals surface area (Å²) in [5, 5.41) is 3.74. The quantitative estimate of drug-likeness (QED) is 0.708. The molecule has 1 aromatic heterocycles. The van der Waals surface area contributed by atoms with Crippen LogP contribution in [0.25, 0.3) is 5.57 Å². The van der Waals surface area contributed by atoms with Gasteiger partial charge in [0.15, 0.2) is 0 Å². The van der Waals surface area contributed by atoms with Gasteiger partial charge < -0.3 is 15.6 Å². The molecule has 2 heterocycles. The van der Waals surface area contributed by atoms with E-state index in [9.17, 15) is 0 Å². The van der Waals surface area contributed by atoms with Crippen LogP contribution >= 0.6 is 11.6 Å². The number of hydrogen-bond acceptors (Lipinski definition) is 3. The Morgan fingerprint density at radius 3 is 3.07 bits per heavy atom. The van der Waals surface area contributed by atoms with E-state index >= 15 is 0 Å². The summed E-state index contributed by atoms with van der Waals surface area (Å²) in [6, 6.07) is 0.0763. The summed E-state index contributed by atoms with van der Waals surface area (Å²) in [5.74, 6) is 0. The average molecular weight is 213 g/mol. The van der Waals surface area contributed by atoms with Crippen LogP contribution in [-0.2, 0) is 7.05 Å². The number of hydrogen-bond donors (Lipinski definition) is 2. The third-order valence-electron chi connectivity index (χ3n) is 2.37. The van der Waals surface area contributed by atoms with Crippen molar-refractivity contribution < 1.29 is 0 Å². The Hall–Kier alpha value is -0.840. The molecule has 1 aromatic rings. The zero-order valence-electron chi connectivity index (χ0n) is 8.00. The Bertz CT molecular complexity index is 369. The van der Waals surface area contributed by atoms with Crippen molar-refractivity contribution in [3.8, 4) is 0 Å². The average Bonchev–Trinajstić information content (AvgIpc) is 2.48. The molecule has 0 aromatic carbocycles. The lowest BCUT2D eigenvalue weighted by molar-refractivity contribution is 0.659. The molecule has 2 rings (SSSR count). The lowest BCUT2D eigenvalue weighted by Crippen LogP contribution is -2.37. The van der Waals surface area contributed by atoms with Crippen molar-refractivity contribution in [1.82, 2.24) is 14.9 Å². The summed E-state index contributed by atoms with van der Waals surface area (Å²) in [7, 11) is 1.89. The molecule has 0 amide bonds. The molecule has 1 aliphatic rings. The maximum atomic E-state index is 5.86. The topological polar surface area (TPSA) is 55.9 Å². The number of nitrogens with two attached hydrogens (primary N) is 1. The van der Waals surface area contributed by atoms with Gasteiger partial charge in [0.05, 0.1) is 11.9 Å². The maximum Gasteiger partial charge on any atom is 0.202 e. The number of halogens is 1. The first-order valence-electron chi connectivity index (χ1n) is 4.53. The van der Waals surface area contributed by atoms with Gasteiger partial charge in [0.2, 0.25) is 5.28 Å². The van der Waals surface area contributed by atoms with Gasteiger partial charge in [0, 0.05) is 26.2 Å². The molecule has 1 aliphatic heterocycles. The van der Waals surface area contributed by atoms with E-state index < -0.39 is 0 Å². The highest BCUT2D eigenvalue weighted by Gasteiger charge is 2.14. The Kier molecular flexibility index (Phi) is 2.58. The summed E-state index contributed by atoms with van der Waals surface area (Å²) >= 11 is 5.86. The van der Waals surface area contributed by atoms with Crippen LogP contribution in [0.3, 0.4) is 0 Å². The molecule has 3 N–H and O–H groups in total. The Morgan fingerprint density at radius 1 is 1.71 bits per heavy atom. The highest BCUT2D eigenvalue weighted by Crippen LogP contribution is 2.18. The molecule has 0 saturated heterocycles. The van der Waals surface area contributed by atoms with Crippen LogP contribution in [0.2, 0.25) is 5.28 Å². The molecule has 0 aliphatic carbocycles. The minimum Gasteiger partial charge on any atom is -0.323 e. The number of rotatable bonds is 1. The van der Waals surface area contributed by atoms with E-state index in [4.69, 9.17) is 17.3 Å². The first-order valence-corrected chi connectivity index (χ1v) is 4.91. The van der Waals surface area contributed by atoms with Gasteiger partial charge in [-0.1, -0.05) is 6.08 Å². The third-order valence-corrected chi connectivity index (χ3v) is 2.72. The van der Waals surface area contributed by atoms with Crippen LogP contribution in [0.1, 0.15) is 5.69 Å². The SMILES string of the molecule is Cn1c(C2=CC(N)CNC2)cnc1Cl. The molecule has 0 saturated carbocycles. The van der Waals surface area contributed by atoms with E-state index in [1.807, 2.05) is 11.6 Å². The van der Waals surface area contributed by atoms with Crippen molar-refractivity contribution in [2.24, 2.45) is 12.8 Å². The van der Waals surface area contributed by atoms with E-state index in [2.05, 4.69) is 16.4 Å². The van der Waals surface area contributed by atoms with Crippen LogP contribution in [0, 0.1) is 0 Å². The summed E-state index contributed by atoms with van der Waals surface area (Å²) in [6.45, 7) is 1.65. The Morgan fingerprint density at radius 2 is 2.50 bits per heavy atom. The molecule has 76 valence electrons. The van der Waals surface area contributed by atoms with Gasteiger partial charge in [-0.15, -0.1) is 0 Å². The first-order chi connectivity index (χ1) is 6.68. The highest BCUT2D eigenvalue weighted by molar-refractivity contribution is 6.28. The van der Waals surface area contributed by atoms with Crippen LogP contribution in [0.5, 0.6) is 0 Å². The maximum absolute atomic E-state index is 5.86. The van der Waals surface area contributed by atoms with Crippen LogP contribution in [-0.4, -0.2) is 28.7 Å². The minimum atomic E-state index is 0.0763. The second-order valence-corrected chi connectivity index (χ2v) is 3.80. The van der Waals surface area contributed by atoms with Gasteiger partial charge in [-0.25, -0.2) is 4.98 Å². The highest BCUT2D eigenvalue weighted by atomic mass is 35.5. The second kappa shape index (κ2) is 3.73. The first kappa shape index (κ1) is 9.71. The molecule has 1 unspecified atom stereocenters. The fraction of sp³-hybridized carbons (Fsp3) is 0.444. The van der Waals surface area contributed by atoms with Gasteiger partial charge in [0.1, 0.15) is 0 Å².